The highest BCUT2D eigenvalue weighted by molar-refractivity contribution is 5.59. The first kappa shape index (κ1) is 9.00. The summed E-state index contributed by atoms with van der Waals surface area (Å²) in [6.45, 7) is 2.16. The summed E-state index contributed by atoms with van der Waals surface area (Å²) in [6.07, 6.45) is 4.93. The van der Waals surface area contributed by atoms with E-state index >= 15 is 0 Å². The molecule has 0 aliphatic carbocycles. The van der Waals surface area contributed by atoms with Gasteiger partial charge in [0.2, 0.25) is 0 Å². The van der Waals surface area contributed by atoms with Crippen LogP contribution >= 0.6 is 0 Å². The van der Waals surface area contributed by atoms with Crippen molar-refractivity contribution in [1.82, 2.24) is 9.55 Å². The van der Waals surface area contributed by atoms with Gasteiger partial charge in [0.1, 0.15) is 0 Å². The number of rotatable bonds is 2. The smallest absolute Gasteiger partial charge is 0.0951 e. The van der Waals surface area contributed by atoms with Crippen molar-refractivity contribution in [2.24, 2.45) is 7.05 Å². The van der Waals surface area contributed by atoms with Gasteiger partial charge in [-0.3, -0.25) is 0 Å². The van der Waals surface area contributed by atoms with Gasteiger partial charge in [0.25, 0.3) is 0 Å². The number of aromatic nitrogens is 2. The molecule has 0 bridgehead atoms. The minimum atomic E-state index is 1.04. The molecule has 0 saturated heterocycles. The van der Waals surface area contributed by atoms with E-state index in [9.17, 15) is 0 Å². The average Bonchev–Trinajstić information content (AvgIpc) is 2.65. The fourth-order valence-electron chi connectivity index (χ4n) is 1.51. The summed E-state index contributed by atoms with van der Waals surface area (Å²) in [7, 11) is 1.99. The number of benzene rings is 1. The molecule has 0 fully saturated rings. The topological polar surface area (TPSA) is 17.8 Å². The van der Waals surface area contributed by atoms with Crippen LogP contribution in [0.1, 0.15) is 12.5 Å². The third-order valence-corrected chi connectivity index (χ3v) is 2.34. The highest BCUT2D eigenvalue weighted by Crippen LogP contribution is 2.18. The van der Waals surface area contributed by atoms with Crippen molar-refractivity contribution in [2.75, 3.05) is 0 Å². The van der Waals surface area contributed by atoms with E-state index in [1.54, 1.807) is 0 Å². The van der Waals surface area contributed by atoms with Gasteiger partial charge < -0.3 is 4.57 Å². The molecular formula is C12H14N2. The standard InChI is InChI=1S/C12H14N2/c1-3-10-5-4-6-11(7-10)12-8-14(2)9-13-12/h4-9H,3H2,1-2H3. The number of imidazole rings is 1. The minimum Gasteiger partial charge on any atom is -0.340 e. The van der Waals surface area contributed by atoms with E-state index in [2.05, 4.69) is 36.2 Å². The third kappa shape index (κ3) is 1.69. The van der Waals surface area contributed by atoms with E-state index in [0.717, 1.165) is 12.1 Å². The van der Waals surface area contributed by atoms with Crippen molar-refractivity contribution in [3.8, 4) is 11.3 Å². The molecule has 0 aliphatic heterocycles. The first-order valence-electron chi connectivity index (χ1n) is 4.87. The van der Waals surface area contributed by atoms with Gasteiger partial charge >= 0.3 is 0 Å². The Morgan fingerprint density at radius 3 is 2.86 bits per heavy atom. The summed E-state index contributed by atoms with van der Waals surface area (Å²) in [6, 6.07) is 8.53. The molecule has 0 spiro atoms. The van der Waals surface area contributed by atoms with Crippen molar-refractivity contribution in [2.45, 2.75) is 13.3 Å². The molecule has 0 unspecified atom stereocenters. The van der Waals surface area contributed by atoms with Crippen molar-refractivity contribution in [3.05, 3.63) is 42.4 Å². The Morgan fingerprint density at radius 1 is 1.36 bits per heavy atom. The van der Waals surface area contributed by atoms with Crippen LogP contribution in [0.15, 0.2) is 36.8 Å². The first-order chi connectivity index (χ1) is 6.79. The highest BCUT2D eigenvalue weighted by Gasteiger charge is 2.00. The van der Waals surface area contributed by atoms with Crippen molar-refractivity contribution < 1.29 is 0 Å². The predicted octanol–water partition coefficient (Wildman–Crippen LogP) is 2.65. The quantitative estimate of drug-likeness (QED) is 0.705. The molecule has 2 rings (SSSR count). The molecule has 72 valence electrons. The molecule has 1 heterocycles. The molecule has 0 atom stereocenters. The second kappa shape index (κ2) is 3.66. The Labute approximate surface area is 84.2 Å². The zero-order chi connectivity index (χ0) is 9.97. The normalized spacial score (nSPS) is 10.4. The van der Waals surface area contributed by atoms with Gasteiger partial charge in [-0.2, -0.15) is 0 Å². The summed E-state index contributed by atoms with van der Waals surface area (Å²) < 4.78 is 1.97. The molecule has 0 aliphatic rings. The maximum atomic E-state index is 4.32. The molecule has 1 aromatic carbocycles. The van der Waals surface area contributed by atoms with Crippen molar-refractivity contribution in [1.29, 1.82) is 0 Å². The second-order valence-corrected chi connectivity index (χ2v) is 3.48. The molecule has 2 heteroatoms. The third-order valence-electron chi connectivity index (χ3n) is 2.34. The molecule has 1 aromatic heterocycles. The van der Waals surface area contributed by atoms with Crippen molar-refractivity contribution >= 4 is 0 Å². The lowest BCUT2D eigenvalue weighted by molar-refractivity contribution is 0.913. The van der Waals surface area contributed by atoms with Crippen molar-refractivity contribution in [3.63, 3.8) is 0 Å². The van der Waals surface area contributed by atoms with Crippen LogP contribution in [0, 0.1) is 0 Å². The summed E-state index contributed by atoms with van der Waals surface area (Å²) in [4.78, 5) is 4.32. The van der Waals surface area contributed by atoms with Crippen LogP contribution in [0.5, 0.6) is 0 Å². The number of nitrogens with zero attached hydrogens (tertiary/aromatic N) is 2. The largest absolute Gasteiger partial charge is 0.340 e. The molecule has 2 nitrogen and oxygen atoms in total. The average molecular weight is 186 g/mol. The number of hydrogen-bond donors (Lipinski definition) is 0. The molecule has 0 N–H and O–H groups in total. The summed E-state index contributed by atoms with van der Waals surface area (Å²) in [5.74, 6) is 0. The Hall–Kier alpha value is -1.57. The lowest BCUT2D eigenvalue weighted by Gasteiger charge is -1.99. The van der Waals surface area contributed by atoms with Crippen LogP contribution in [0.4, 0.5) is 0 Å². The maximum Gasteiger partial charge on any atom is 0.0951 e. The van der Waals surface area contributed by atoms with E-state index in [1.807, 2.05) is 24.1 Å². The molecule has 0 saturated carbocycles. The highest BCUT2D eigenvalue weighted by atomic mass is 15.0. The van der Waals surface area contributed by atoms with Gasteiger partial charge in [-0.15, -0.1) is 0 Å². The molecule has 2 aromatic rings. The van der Waals surface area contributed by atoms with E-state index in [4.69, 9.17) is 0 Å². The Bertz CT molecular complexity index is 429. The Kier molecular flexibility index (Phi) is 2.35. The SMILES string of the molecule is CCc1cccc(-c2cn(C)cn2)c1. The second-order valence-electron chi connectivity index (χ2n) is 3.48. The number of hydrogen-bond acceptors (Lipinski definition) is 1. The van der Waals surface area contributed by atoms with Crippen LogP contribution in [-0.4, -0.2) is 9.55 Å². The fourth-order valence-corrected chi connectivity index (χ4v) is 1.51. The van der Waals surface area contributed by atoms with Crippen LogP contribution in [0.3, 0.4) is 0 Å². The van der Waals surface area contributed by atoms with Gasteiger partial charge in [-0.05, 0) is 18.1 Å². The van der Waals surface area contributed by atoms with E-state index in [-0.39, 0.29) is 0 Å². The van der Waals surface area contributed by atoms with Crippen LogP contribution in [0.2, 0.25) is 0 Å². The monoisotopic (exact) mass is 186 g/mol. The van der Waals surface area contributed by atoms with Gasteiger partial charge in [0.05, 0.1) is 12.0 Å². The Morgan fingerprint density at radius 2 is 2.21 bits per heavy atom. The van der Waals surface area contributed by atoms with Crippen LogP contribution in [-0.2, 0) is 13.5 Å². The number of aryl methyl sites for hydroxylation is 2. The lowest BCUT2D eigenvalue weighted by atomic mass is 10.1. The summed E-state index contributed by atoms with van der Waals surface area (Å²) in [5.41, 5.74) is 3.60. The molecule has 14 heavy (non-hydrogen) atoms. The van der Waals surface area contributed by atoms with Gasteiger partial charge in [0, 0.05) is 18.8 Å². The molecule has 0 radical (unpaired) electrons. The van der Waals surface area contributed by atoms with E-state index in [1.165, 1.54) is 11.1 Å². The fraction of sp³-hybridized carbons (Fsp3) is 0.250. The van der Waals surface area contributed by atoms with Gasteiger partial charge in [0.15, 0.2) is 0 Å². The first-order valence-corrected chi connectivity index (χ1v) is 4.87. The molecule has 0 amide bonds. The van der Waals surface area contributed by atoms with Crippen LogP contribution in [0.25, 0.3) is 11.3 Å². The van der Waals surface area contributed by atoms with Crippen LogP contribution < -0.4 is 0 Å². The van der Waals surface area contributed by atoms with Gasteiger partial charge in [-0.1, -0.05) is 25.1 Å². The Balaban J connectivity index is 2.41. The minimum absolute atomic E-state index is 1.04. The lowest BCUT2D eigenvalue weighted by Crippen LogP contribution is -1.82. The zero-order valence-electron chi connectivity index (χ0n) is 8.57. The van der Waals surface area contributed by atoms with E-state index < -0.39 is 0 Å². The summed E-state index contributed by atoms with van der Waals surface area (Å²) >= 11 is 0. The van der Waals surface area contributed by atoms with Gasteiger partial charge in [-0.25, -0.2) is 4.98 Å². The van der Waals surface area contributed by atoms with E-state index in [0.29, 0.717) is 0 Å². The predicted molar refractivity (Wildman–Crippen MR) is 58.0 cm³/mol. The summed E-state index contributed by atoms with van der Waals surface area (Å²) in [5, 5.41) is 0. The molecular weight excluding hydrogens is 172 g/mol. The zero-order valence-corrected chi connectivity index (χ0v) is 8.57. The maximum absolute atomic E-state index is 4.32.